The van der Waals surface area contributed by atoms with Crippen molar-refractivity contribution in [2.75, 3.05) is 0 Å². The third-order valence-electron chi connectivity index (χ3n) is 13.7. The van der Waals surface area contributed by atoms with Gasteiger partial charge in [0.1, 0.15) is 5.78 Å². The van der Waals surface area contributed by atoms with Crippen LogP contribution in [0.2, 0.25) is 0 Å². The number of hydrogen-bond acceptors (Lipinski definition) is 2. The standard InChI is InChI=1S/C31H50O2/c1-19-11-16-31(21(3)32)18-17-29(7)22(26(31)20(19)2)9-10-24-28(6)14-13-25(33)27(4,5)23(28)12-15-30(24,29)8/h9,19-20,23-26,33H,10-18H2,1-8H3/t19-,20+,23+,24-,25+,26+,28+,29-,30-,31-/m1/s1. The summed E-state index contributed by atoms with van der Waals surface area (Å²) in [6, 6.07) is 0. The molecule has 10 atom stereocenters. The number of allylic oxidation sites excluding steroid dienone is 2. The Balaban J connectivity index is 1.61. The number of carbonyl (C=O) groups excluding carboxylic acids is 1. The predicted molar refractivity (Wildman–Crippen MR) is 136 cm³/mol. The summed E-state index contributed by atoms with van der Waals surface area (Å²) in [5, 5.41) is 10.9. The van der Waals surface area contributed by atoms with Crippen molar-refractivity contribution < 1.29 is 9.90 Å². The van der Waals surface area contributed by atoms with Gasteiger partial charge in [-0.05, 0) is 116 Å². The van der Waals surface area contributed by atoms with Gasteiger partial charge >= 0.3 is 0 Å². The van der Waals surface area contributed by atoms with E-state index in [1.54, 1.807) is 5.57 Å². The Morgan fingerprint density at radius 3 is 2.27 bits per heavy atom. The zero-order chi connectivity index (χ0) is 24.2. The van der Waals surface area contributed by atoms with Crippen LogP contribution in [0.1, 0.15) is 113 Å². The maximum atomic E-state index is 13.2. The molecule has 0 amide bonds. The molecule has 1 N–H and O–H groups in total. The fourth-order valence-corrected chi connectivity index (χ4v) is 11.1. The van der Waals surface area contributed by atoms with E-state index in [1.165, 1.54) is 32.1 Å². The van der Waals surface area contributed by atoms with Crippen LogP contribution in [0.15, 0.2) is 11.6 Å². The van der Waals surface area contributed by atoms with Gasteiger partial charge in [0.25, 0.3) is 0 Å². The lowest BCUT2D eigenvalue weighted by molar-refractivity contribution is -0.204. The average Bonchev–Trinajstić information content (AvgIpc) is 2.74. The highest BCUT2D eigenvalue weighted by molar-refractivity contribution is 5.84. The molecule has 186 valence electrons. The van der Waals surface area contributed by atoms with E-state index in [0.717, 1.165) is 25.7 Å². The monoisotopic (exact) mass is 454 g/mol. The second kappa shape index (κ2) is 7.21. The first kappa shape index (κ1) is 24.1. The molecule has 4 saturated carbocycles. The minimum absolute atomic E-state index is 0.00287. The van der Waals surface area contributed by atoms with Gasteiger partial charge in [0.15, 0.2) is 0 Å². The van der Waals surface area contributed by atoms with Crippen molar-refractivity contribution in [3.8, 4) is 0 Å². The number of Topliss-reactive ketones (excluding diaryl/α,β-unsaturated/α-hetero) is 1. The van der Waals surface area contributed by atoms with Crippen molar-refractivity contribution in [1.82, 2.24) is 0 Å². The maximum Gasteiger partial charge on any atom is 0.136 e. The molecule has 0 spiro atoms. The molecule has 0 saturated heterocycles. The molecule has 33 heavy (non-hydrogen) atoms. The number of hydrogen-bond donors (Lipinski definition) is 1. The Kier molecular flexibility index (Phi) is 5.26. The third-order valence-corrected chi connectivity index (χ3v) is 13.7. The van der Waals surface area contributed by atoms with Gasteiger partial charge in [-0.15, -0.1) is 0 Å². The topological polar surface area (TPSA) is 37.3 Å². The summed E-state index contributed by atoms with van der Waals surface area (Å²) in [5.41, 5.74) is 2.34. The summed E-state index contributed by atoms with van der Waals surface area (Å²) in [6.45, 7) is 19.3. The molecule has 0 heterocycles. The van der Waals surface area contributed by atoms with Crippen LogP contribution in [0.5, 0.6) is 0 Å². The van der Waals surface area contributed by atoms with Crippen LogP contribution in [0.3, 0.4) is 0 Å². The lowest BCUT2D eigenvalue weighted by Gasteiger charge is -2.71. The summed E-state index contributed by atoms with van der Waals surface area (Å²) in [4.78, 5) is 13.2. The van der Waals surface area contributed by atoms with E-state index in [9.17, 15) is 9.90 Å². The Hall–Kier alpha value is -0.630. The molecular formula is C31H50O2. The van der Waals surface area contributed by atoms with Gasteiger partial charge in [0, 0.05) is 5.41 Å². The van der Waals surface area contributed by atoms with Gasteiger partial charge in [-0.2, -0.15) is 0 Å². The predicted octanol–water partition coefficient (Wildman–Crippen LogP) is 7.59. The molecule has 0 bridgehead atoms. The van der Waals surface area contributed by atoms with Crippen LogP contribution in [0.25, 0.3) is 0 Å². The van der Waals surface area contributed by atoms with Crippen LogP contribution in [0.4, 0.5) is 0 Å². The van der Waals surface area contributed by atoms with Gasteiger partial charge in [0.2, 0.25) is 0 Å². The molecule has 5 aliphatic rings. The molecule has 2 nitrogen and oxygen atoms in total. The van der Waals surface area contributed by atoms with Gasteiger partial charge in [0.05, 0.1) is 6.10 Å². The number of aliphatic hydroxyl groups is 1. The average molecular weight is 455 g/mol. The van der Waals surface area contributed by atoms with Crippen LogP contribution >= 0.6 is 0 Å². The van der Waals surface area contributed by atoms with Crippen molar-refractivity contribution in [3.63, 3.8) is 0 Å². The first-order chi connectivity index (χ1) is 15.3. The number of rotatable bonds is 1. The molecular weight excluding hydrogens is 404 g/mol. The second-order valence-electron chi connectivity index (χ2n) is 14.7. The summed E-state index contributed by atoms with van der Waals surface area (Å²) in [5.74, 6) is 3.45. The lowest BCUT2D eigenvalue weighted by atomic mass is 9.33. The number of carbonyl (C=O) groups is 1. The molecule has 0 radical (unpaired) electrons. The fourth-order valence-electron chi connectivity index (χ4n) is 11.1. The van der Waals surface area contributed by atoms with E-state index >= 15 is 0 Å². The molecule has 0 aromatic carbocycles. The lowest BCUT2D eigenvalue weighted by Crippen LogP contribution is -2.65. The van der Waals surface area contributed by atoms with Gasteiger partial charge in [-0.1, -0.05) is 60.1 Å². The largest absolute Gasteiger partial charge is 0.393 e. The van der Waals surface area contributed by atoms with Gasteiger partial charge in [-0.25, -0.2) is 0 Å². The van der Waals surface area contributed by atoms with Crippen LogP contribution in [-0.2, 0) is 4.79 Å². The van der Waals surface area contributed by atoms with E-state index in [1.807, 2.05) is 6.92 Å². The quantitative estimate of drug-likeness (QED) is 0.414. The molecule has 0 aromatic rings. The minimum Gasteiger partial charge on any atom is -0.393 e. The summed E-state index contributed by atoms with van der Waals surface area (Å²) in [7, 11) is 0. The minimum atomic E-state index is -0.166. The second-order valence-corrected chi connectivity index (χ2v) is 14.7. The Morgan fingerprint density at radius 2 is 1.61 bits per heavy atom. The summed E-state index contributed by atoms with van der Waals surface area (Å²) < 4.78 is 0. The molecule has 0 aromatic heterocycles. The number of ketones is 1. The molecule has 5 aliphatic carbocycles. The van der Waals surface area contributed by atoms with E-state index in [2.05, 4.69) is 54.5 Å². The maximum absolute atomic E-state index is 13.2. The van der Waals surface area contributed by atoms with Crippen molar-refractivity contribution in [1.29, 1.82) is 0 Å². The van der Waals surface area contributed by atoms with E-state index < -0.39 is 0 Å². The molecule has 4 fully saturated rings. The van der Waals surface area contributed by atoms with Crippen molar-refractivity contribution in [2.24, 2.45) is 56.7 Å². The normalized spacial score (nSPS) is 55.4. The zero-order valence-electron chi connectivity index (χ0n) is 22.8. The number of aliphatic hydroxyl groups excluding tert-OH is 1. The SMILES string of the molecule is CC(=O)[C@]12CC[C@@H](C)[C@H](C)[C@H]1C1=CC[C@@H]3[C@@]4(C)CC[C@H](O)C(C)(C)[C@@H]4CC[C@@]3(C)[C@]1(C)CC2. The van der Waals surface area contributed by atoms with Crippen molar-refractivity contribution in [3.05, 3.63) is 11.6 Å². The highest BCUT2D eigenvalue weighted by atomic mass is 16.3. The zero-order valence-corrected chi connectivity index (χ0v) is 22.8. The Morgan fingerprint density at radius 1 is 0.909 bits per heavy atom. The number of fused-ring (bicyclic) bond motifs is 7. The van der Waals surface area contributed by atoms with E-state index in [4.69, 9.17) is 0 Å². The third kappa shape index (κ3) is 2.80. The van der Waals surface area contributed by atoms with Crippen molar-refractivity contribution >= 4 is 5.78 Å². The Bertz CT molecular complexity index is 870. The Labute approximate surface area is 203 Å². The van der Waals surface area contributed by atoms with Gasteiger partial charge < -0.3 is 5.11 Å². The molecule has 2 heteroatoms. The smallest absolute Gasteiger partial charge is 0.136 e. The van der Waals surface area contributed by atoms with E-state index in [0.29, 0.717) is 40.8 Å². The molecule has 0 unspecified atom stereocenters. The molecule has 0 aliphatic heterocycles. The summed E-state index contributed by atoms with van der Waals surface area (Å²) >= 11 is 0. The van der Waals surface area contributed by atoms with Crippen LogP contribution < -0.4 is 0 Å². The fraction of sp³-hybridized carbons (Fsp3) is 0.903. The first-order valence-electron chi connectivity index (χ1n) is 14.2. The summed E-state index contributed by atoms with van der Waals surface area (Å²) in [6.07, 6.45) is 12.9. The van der Waals surface area contributed by atoms with Crippen LogP contribution in [0, 0.1) is 56.7 Å². The van der Waals surface area contributed by atoms with Crippen molar-refractivity contribution in [2.45, 2.75) is 119 Å². The highest BCUT2D eigenvalue weighted by Gasteiger charge is 2.69. The van der Waals surface area contributed by atoms with E-state index in [-0.39, 0.29) is 27.8 Å². The molecule has 5 rings (SSSR count). The first-order valence-corrected chi connectivity index (χ1v) is 14.2. The van der Waals surface area contributed by atoms with Gasteiger partial charge in [-0.3, -0.25) is 4.79 Å². The highest BCUT2D eigenvalue weighted by Crippen LogP contribution is 2.75. The van der Waals surface area contributed by atoms with Crippen LogP contribution in [-0.4, -0.2) is 17.0 Å².